The molecule has 2 aromatic carbocycles. The van der Waals surface area contributed by atoms with E-state index >= 15 is 0 Å². The summed E-state index contributed by atoms with van der Waals surface area (Å²) in [6, 6.07) is 10.6. The van der Waals surface area contributed by atoms with Crippen LogP contribution in [0.3, 0.4) is 0 Å². The molecular formula is C29H24F3N3O6. The molecule has 1 N–H and O–H groups in total. The van der Waals surface area contributed by atoms with Crippen molar-refractivity contribution >= 4 is 5.97 Å². The lowest BCUT2D eigenvalue weighted by Crippen LogP contribution is -2.71. The zero-order valence-electron chi connectivity index (χ0n) is 21.8. The predicted octanol–water partition coefficient (Wildman–Crippen LogP) is 5.75. The van der Waals surface area contributed by atoms with Crippen LogP contribution in [0, 0.1) is 22.6 Å². The Morgan fingerprint density at radius 2 is 1.95 bits per heavy atom. The van der Waals surface area contributed by atoms with Gasteiger partial charge in [-0.2, -0.15) is 10.4 Å². The highest BCUT2D eigenvalue weighted by atomic mass is 19.3. The third kappa shape index (κ3) is 4.01. The van der Waals surface area contributed by atoms with Gasteiger partial charge in [0, 0.05) is 11.6 Å². The van der Waals surface area contributed by atoms with E-state index in [2.05, 4.69) is 20.6 Å². The van der Waals surface area contributed by atoms with Gasteiger partial charge in [-0.3, -0.25) is 4.79 Å². The van der Waals surface area contributed by atoms with Crippen LogP contribution in [-0.2, 0) is 16.0 Å². The Labute approximate surface area is 232 Å². The van der Waals surface area contributed by atoms with Crippen LogP contribution >= 0.6 is 0 Å². The second-order valence-corrected chi connectivity index (χ2v) is 11.3. The van der Waals surface area contributed by atoms with Crippen molar-refractivity contribution < 1.29 is 42.0 Å². The third-order valence-electron chi connectivity index (χ3n) is 8.51. The average molecular weight is 568 g/mol. The monoisotopic (exact) mass is 567 g/mol. The molecule has 0 spiro atoms. The highest BCUT2D eigenvalue weighted by Crippen LogP contribution is 2.70. The molecule has 0 amide bonds. The van der Waals surface area contributed by atoms with Crippen LogP contribution in [0.2, 0.25) is 0 Å². The smallest absolute Gasteiger partial charge is 0.483 e. The molecule has 0 unspecified atom stereocenters. The number of halogens is 3. The molecule has 2 atom stereocenters. The first-order valence-corrected chi connectivity index (χ1v) is 13.3. The molecule has 3 saturated carbocycles. The lowest BCUT2D eigenvalue weighted by molar-refractivity contribution is -0.300. The molecule has 5 aliphatic rings. The highest BCUT2D eigenvalue weighted by molar-refractivity contribution is 5.79. The summed E-state index contributed by atoms with van der Waals surface area (Å²) in [5.74, 6) is -1.79. The maximum Gasteiger partial charge on any atom is 0.586 e. The van der Waals surface area contributed by atoms with Gasteiger partial charge in [-0.05, 0) is 75.3 Å². The summed E-state index contributed by atoms with van der Waals surface area (Å²) >= 11 is 0. The van der Waals surface area contributed by atoms with Gasteiger partial charge in [-0.1, -0.05) is 6.07 Å². The third-order valence-corrected chi connectivity index (χ3v) is 8.51. The Bertz CT molecular complexity index is 1630. The van der Waals surface area contributed by atoms with Crippen molar-refractivity contribution in [2.45, 2.75) is 69.6 Å². The molecule has 0 radical (unpaired) electrons. The van der Waals surface area contributed by atoms with E-state index in [0.717, 1.165) is 12.0 Å². The predicted molar refractivity (Wildman–Crippen MR) is 133 cm³/mol. The quantitative estimate of drug-likeness (QED) is 0.384. The number of alkyl halides is 2. The first-order chi connectivity index (χ1) is 19.5. The van der Waals surface area contributed by atoms with Gasteiger partial charge < -0.3 is 24.1 Å². The van der Waals surface area contributed by atoms with Crippen LogP contribution in [0.1, 0.15) is 73.8 Å². The van der Waals surface area contributed by atoms with E-state index in [4.69, 9.17) is 9.47 Å². The Morgan fingerprint density at radius 1 is 1.20 bits per heavy atom. The lowest BCUT2D eigenvalue weighted by atomic mass is 9.41. The maximum absolute atomic E-state index is 14.9. The second-order valence-electron chi connectivity index (χ2n) is 11.3. The zero-order chi connectivity index (χ0) is 28.7. The number of carboxylic acids is 1. The molecule has 12 heteroatoms. The summed E-state index contributed by atoms with van der Waals surface area (Å²) in [7, 11) is 0. The first kappa shape index (κ1) is 25.7. The topological polar surface area (TPSA) is 116 Å². The van der Waals surface area contributed by atoms with Crippen LogP contribution in [0.25, 0.3) is 5.69 Å². The molecule has 212 valence electrons. The van der Waals surface area contributed by atoms with Gasteiger partial charge in [0.15, 0.2) is 28.8 Å². The van der Waals surface area contributed by atoms with Gasteiger partial charge in [0.1, 0.15) is 18.3 Å². The zero-order valence-corrected chi connectivity index (χ0v) is 21.8. The van der Waals surface area contributed by atoms with E-state index in [0.29, 0.717) is 49.0 Å². The fraction of sp³-hybridized carbons (Fsp3) is 0.414. The number of hydrogen-bond donors (Lipinski definition) is 1. The summed E-state index contributed by atoms with van der Waals surface area (Å²) < 4.78 is 64.7. The van der Waals surface area contributed by atoms with Gasteiger partial charge >= 0.3 is 12.3 Å². The maximum atomic E-state index is 14.9. The molecular weight excluding hydrogens is 543 g/mol. The number of ether oxygens (including phenoxy) is 4. The highest BCUT2D eigenvalue weighted by Gasteiger charge is 2.73. The van der Waals surface area contributed by atoms with Crippen LogP contribution in [-0.4, -0.2) is 32.8 Å². The van der Waals surface area contributed by atoms with Crippen molar-refractivity contribution in [3.05, 3.63) is 64.7 Å². The van der Waals surface area contributed by atoms with Crippen molar-refractivity contribution in [2.75, 3.05) is 0 Å². The fourth-order valence-corrected chi connectivity index (χ4v) is 6.58. The Hall–Kier alpha value is -4.24. The molecule has 2 heterocycles. The van der Waals surface area contributed by atoms with Crippen molar-refractivity contribution in [1.29, 1.82) is 5.26 Å². The summed E-state index contributed by atoms with van der Waals surface area (Å²) in [5.41, 5.74) is 1.46. The molecule has 9 nitrogen and oxygen atoms in total. The average Bonchev–Trinajstić information content (AvgIpc) is 3.42. The molecule has 2 bridgehead atoms. The Morgan fingerprint density at radius 3 is 2.68 bits per heavy atom. The van der Waals surface area contributed by atoms with E-state index in [1.165, 1.54) is 36.4 Å². The number of aliphatic carboxylic acids is 1. The number of benzene rings is 2. The molecule has 3 aromatic rings. The molecule has 41 heavy (non-hydrogen) atoms. The van der Waals surface area contributed by atoms with E-state index in [9.17, 15) is 28.3 Å². The minimum atomic E-state index is -3.76. The van der Waals surface area contributed by atoms with Gasteiger partial charge in [0.2, 0.25) is 0 Å². The second kappa shape index (κ2) is 8.63. The minimum absolute atomic E-state index is 0.100. The van der Waals surface area contributed by atoms with Crippen molar-refractivity contribution in [3.8, 4) is 29.0 Å². The number of rotatable bonds is 7. The van der Waals surface area contributed by atoms with Crippen LogP contribution in [0.4, 0.5) is 13.2 Å². The van der Waals surface area contributed by atoms with Gasteiger partial charge in [-0.25, -0.2) is 9.07 Å². The Balaban J connectivity index is 1.17. The number of hydrogen-bond acceptors (Lipinski definition) is 7. The molecule has 1 aromatic heterocycles. The molecule has 4 aliphatic carbocycles. The van der Waals surface area contributed by atoms with Crippen LogP contribution in [0.15, 0.2) is 36.4 Å². The van der Waals surface area contributed by atoms with Gasteiger partial charge in [0.25, 0.3) is 0 Å². The number of carbonyl (C=O) groups is 1. The van der Waals surface area contributed by atoms with E-state index in [-0.39, 0.29) is 22.9 Å². The summed E-state index contributed by atoms with van der Waals surface area (Å²) in [6.45, 7) is 1.64. The van der Waals surface area contributed by atoms with Crippen molar-refractivity contribution in [1.82, 2.24) is 9.78 Å². The number of nitriles is 1. The molecule has 8 rings (SSSR count). The van der Waals surface area contributed by atoms with Gasteiger partial charge in [0.05, 0.1) is 22.4 Å². The number of fused-ring (bicyclic) bond motifs is 2. The van der Waals surface area contributed by atoms with Gasteiger partial charge in [-0.15, -0.1) is 8.78 Å². The van der Waals surface area contributed by atoms with Crippen molar-refractivity contribution in [2.24, 2.45) is 5.41 Å². The fourth-order valence-electron chi connectivity index (χ4n) is 6.58. The van der Waals surface area contributed by atoms with Crippen molar-refractivity contribution in [3.63, 3.8) is 0 Å². The molecule has 3 fully saturated rings. The standard InChI is InChI=1S/C29H24F3N3O6/c1-15(16-5-8-21-24(9-16)41-29(31,32)40-21)38-23-10-17(6-7-19(23)30)35-25-18(20(11-33)34-35)3-2-4-22(25)39-28-12-27(13-28,14-28)26(36)37/h5-10,15,22H,2-4,12-14H2,1H3,(H,36,37)/t15-,22+,27?,28?/m0/s1. The van der Waals surface area contributed by atoms with Crippen LogP contribution < -0.4 is 14.2 Å². The summed E-state index contributed by atoms with van der Waals surface area (Å²) in [5, 5.41) is 23.8. The summed E-state index contributed by atoms with van der Waals surface area (Å²) in [4.78, 5) is 11.6. The largest absolute Gasteiger partial charge is 0.586 e. The van der Waals surface area contributed by atoms with E-state index in [1.807, 2.05) is 0 Å². The van der Waals surface area contributed by atoms with E-state index in [1.54, 1.807) is 11.6 Å². The molecule has 1 aliphatic heterocycles. The summed E-state index contributed by atoms with van der Waals surface area (Å²) in [6.07, 6.45) is -1.42. The Kier molecular flexibility index (Phi) is 5.41. The number of carboxylic acid groups (broad SMARTS) is 1. The lowest BCUT2D eigenvalue weighted by Gasteiger charge is -2.67. The number of nitrogens with zero attached hydrogens (tertiary/aromatic N) is 3. The normalized spacial score (nSPS) is 27.1. The number of aromatic nitrogens is 2. The SMILES string of the molecule is C[C@H](Oc1cc(-n2nc(C#N)c3c2[C@H](OC24CC(C(=O)O)(C2)C4)CCC3)ccc1F)c1ccc2c(c1)OC(F)(F)O2. The first-order valence-electron chi connectivity index (χ1n) is 13.3. The van der Waals surface area contributed by atoms with E-state index < -0.39 is 41.3 Å². The minimum Gasteiger partial charge on any atom is -0.483 e. The van der Waals surface area contributed by atoms with Crippen LogP contribution in [0.5, 0.6) is 17.2 Å². The molecule has 0 saturated heterocycles.